The van der Waals surface area contributed by atoms with Crippen molar-refractivity contribution >= 4 is 5.91 Å². The van der Waals surface area contributed by atoms with E-state index in [4.69, 9.17) is 9.47 Å². The molecule has 0 radical (unpaired) electrons. The number of carbonyl (C=O) groups is 1. The number of hydrogen-bond donors (Lipinski definition) is 0. The lowest BCUT2D eigenvalue weighted by Gasteiger charge is -2.21. The number of aromatic nitrogens is 2. The number of alkyl halides is 3. The lowest BCUT2D eigenvalue weighted by atomic mass is 9.92. The summed E-state index contributed by atoms with van der Waals surface area (Å²) >= 11 is 0. The Balaban J connectivity index is 1.73. The van der Waals surface area contributed by atoms with E-state index in [0.29, 0.717) is 25.2 Å². The van der Waals surface area contributed by atoms with Gasteiger partial charge in [0, 0.05) is 36.9 Å². The third kappa shape index (κ3) is 6.29. The smallest absolute Gasteiger partial charge is 0.416 e. The van der Waals surface area contributed by atoms with Gasteiger partial charge in [0.05, 0.1) is 23.8 Å². The Hall–Kier alpha value is -2.59. The van der Waals surface area contributed by atoms with Crippen LogP contribution in [0.15, 0.2) is 29.3 Å². The van der Waals surface area contributed by atoms with Crippen molar-refractivity contribution in [3.63, 3.8) is 0 Å². The van der Waals surface area contributed by atoms with Crippen molar-refractivity contribution in [3.05, 3.63) is 46.6 Å². The van der Waals surface area contributed by atoms with E-state index in [-0.39, 0.29) is 28.9 Å². The highest BCUT2D eigenvalue weighted by Crippen LogP contribution is 2.33. The van der Waals surface area contributed by atoms with Crippen LogP contribution >= 0.6 is 0 Å². The first-order valence-corrected chi connectivity index (χ1v) is 12.9. The molecule has 2 saturated heterocycles. The molecule has 2 fully saturated rings. The van der Waals surface area contributed by atoms with E-state index in [1.165, 1.54) is 6.07 Å². The number of amides is 1. The fourth-order valence-electron chi connectivity index (χ4n) is 5.10. The Morgan fingerprint density at radius 2 is 1.89 bits per heavy atom. The zero-order chi connectivity index (χ0) is 27.0. The van der Waals surface area contributed by atoms with Crippen LogP contribution in [0.4, 0.5) is 13.2 Å². The highest BCUT2D eigenvalue weighted by atomic mass is 19.4. The molecule has 3 heterocycles. The van der Waals surface area contributed by atoms with Crippen LogP contribution in [0.25, 0.3) is 0 Å². The molecule has 2 aliphatic rings. The van der Waals surface area contributed by atoms with Gasteiger partial charge in [-0.1, -0.05) is 20.8 Å². The van der Waals surface area contributed by atoms with E-state index in [2.05, 4.69) is 30.7 Å². The second-order valence-electron chi connectivity index (χ2n) is 11.1. The van der Waals surface area contributed by atoms with Gasteiger partial charge in [0.1, 0.15) is 12.4 Å². The molecule has 0 N–H and O–H groups in total. The summed E-state index contributed by atoms with van der Waals surface area (Å²) in [5.41, 5.74) is -0.0113. The third-order valence-corrected chi connectivity index (χ3v) is 7.27. The number of benzene rings is 1. The molecule has 7 nitrogen and oxygen atoms in total. The minimum Gasteiger partial charge on any atom is -0.491 e. The number of halogens is 3. The Morgan fingerprint density at radius 1 is 1.14 bits per heavy atom. The molecule has 0 bridgehead atoms. The number of nitrogens with zero attached hydrogens (tertiary/aromatic N) is 4. The Morgan fingerprint density at radius 3 is 2.49 bits per heavy atom. The molecule has 2 aliphatic heterocycles. The zero-order valence-electron chi connectivity index (χ0n) is 22.3. The normalized spacial score (nSPS) is 21.7. The Kier molecular flexibility index (Phi) is 7.90. The van der Waals surface area contributed by atoms with Gasteiger partial charge in [0.2, 0.25) is 0 Å². The fourth-order valence-corrected chi connectivity index (χ4v) is 5.10. The average Bonchev–Trinajstić information content (AvgIpc) is 3.54. The van der Waals surface area contributed by atoms with Crippen molar-refractivity contribution in [1.82, 2.24) is 14.3 Å². The molecular weight excluding hydrogens is 485 g/mol. The van der Waals surface area contributed by atoms with Gasteiger partial charge in [0.25, 0.3) is 5.91 Å². The molecule has 4 rings (SSSR count). The van der Waals surface area contributed by atoms with E-state index >= 15 is 0 Å². The molecule has 1 aromatic heterocycles. The first-order valence-electron chi connectivity index (χ1n) is 12.9. The van der Waals surface area contributed by atoms with Gasteiger partial charge in [-0.3, -0.25) is 14.2 Å². The molecule has 10 heteroatoms. The topological polar surface area (TPSA) is 61.0 Å². The molecule has 0 aliphatic carbocycles. The number of ether oxygens (including phenoxy) is 2. The molecular formula is C27H37F3N4O3. The maximum absolute atomic E-state index is 13.5. The first-order chi connectivity index (χ1) is 17.3. The van der Waals surface area contributed by atoms with Gasteiger partial charge >= 0.3 is 6.18 Å². The third-order valence-electron chi connectivity index (χ3n) is 7.27. The van der Waals surface area contributed by atoms with Crippen molar-refractivity contribution in [3.8, 4) is 5.75 Å². The molecule has 0 saturated carbocycles. The van der Waals surface area contributed by atoms with E-state index < -0.39 is 17.6 Å². The number of rotatable bonds is 6. The van der Waals surface area contributed by atoms with Crippen LogP contribution in [0.3, 0.4) is 0 Å². The maximum Gasteiger partial charge on any atom is 0.416 e. The van der Waals surface area contributed by atoms with Crippen LogP contribution in [0.1, 0.15) is 68.1 Å². The van der Waals surface area contributed by atoms with Crippen LogP contribution in [0.5, 0.6) is 5.75 Å². The van der Waals surface area contributed by atoms with Crippen LogP contribution in [0.2, 0.25) is 0 Å². The average molecular weight is 523 g/mol. The summed E-state index contributed by atoms with van der Waals surface area (Å²) in [6.07, 6.45) is -0.760. The van der Waals surface area contributed by atoms with Crippen LogP contribution in [0, 0.1) is 0 Å². The highest BCUT2D eigenvalue weighted by Gasteiger charge is 2.33. The predicted octanol–water partition coefficient (Wildman–Crippen LogP) is 4.54. The molecule has 37 heavy (non-hydrogen) atoms. The summed E-state index contributed by atoms with van der Waals surface area (Å²) in [5.74, 6) is -0.660. The first kappa shape index (κ1) is 27.4. The van der Waals surface area contributed by atoms with Crippen LogP contribution in [-0.4, -0.2) is 59.1 Å². The van der Waals surface area contributed by atoms with Crippen LogP contribution < -0.4 is 10.2 Å². The monoisotopic (exact) mass is 522 g/mol. The summed E-state index contributed by atoms with van der Waals surface area (Å²) in [5, 5.41) is 0. The predicted molar refractivity (Wildman–Crippen MR) is 134 cm³/mol. The Labute approximate surface area is 215 Å². The molecule has 1 amide bonds. The van der Waals surface area contributed by atoms with Gasteiger partial charge in [-0.15, -0.1) is 0 Å². The SMILES string of the molecule is CN1CCC[C@H]1COc1ccc(C(F)(F)F)cc1C(=O)/N=c1\cc(C(C)(C)C)n(C)n1C[C@H]1CCCO1. The second kappa shape index (κ2) is 10.6. The zero-order valence-corrected chi connectivity index (χ0v) is 22.3. The van der Waals surface area contributed by atoms with Crippen molar-refractivity contribution in [2.75, 3.05) is 26.8 Å². The molecule has 2 aromatic rings. The van der Waals surface area contributed by atoms with E-state index in [0.717, 1.165) is 50.1 Å². The lowest BCUT2D eigenvalue weighted by molar-refractivity contribution is -0.137. The van der Waals surface area contributed by atoms with Gasteiger partial charge in [-0.05, 0) is 57.5 Å². The molecule has 0 spiro atoms. The van der Waals surface area contributed by atoms with Gasteiger partial charge < -0.3 is 14.4 Å². The molecule has 204 valence electrons. The quantitative estimate of drug-likeness (QED) is 0.559. The van der Waals surface area contributed by atoms with Crippen molar-refractivity contribution in [1.29, 1.82) is 0 Å². The molecule has 0 unspecified atom stereocenters. The summed E-state index contributed by atoms with van der Waals surface area (Å²) in [4.78, 5) is 19.9. The fraction of sp³-hybridized carbons (Fsp3) is 0.630. The number of likely N-dealkylation sites (N-methyl/N-ethyl adjacent to an activating group) is 1. The van der Waals surface area contributed by atoms with Crippen LogP contribution in [-0.2, 0) is 29.9 Å². The highest BCUT2D eigenvalue weighted by molar-refractivity contribution is 5.97. The van der Waals surface area contributed by atoms with E-state index in [1.54, 1.807) is 0 Å². The Bertz CT molecular complexity index is 1190. The summed E-state index contributed by atoms with van der Waals surface area (Å²) in [6.45, 7) is 8.60. The van der Waals surface area contributed by atoms with Gasteiger partial charge in [0.15, 0.2) is 5.49 Å². The minimum absolute atomic E-state index is 0.00803. The second-order valence-corrected chi connectivity index (χ2v) is 11.1. The van der Waals surface area contributed by atoms with Crippen molar-refractivity contribution < 1.29 is 27.4 Å². The van der Waals surface area contributed by atoms with Crippen molar-refractivity contribution in [2.24, 2.45) is 12.0 Å². The largest absolute Gasteiger partial charge is 0.491 e. The van der Waals surface area contributed by atoms with Crippen molar-refractivity contribution in [2.45, 2.75) is 76.7 Å². The van der Waals surface area contributed by atoms with Gasteiger partial charge in [-0.25, -0.2) is 0 Å². The number of hydrogen-bond acceptors (Lipinski definition) is 4. The maximum atomic E-state index is 13.5. The van der Waals surface area contributed by atoms with E-state index in [1.807, 2.05) is 29.5 Å². The summed E-state index contributed by atoms with van der Waals surface area (Å²) in [7, 11) is 3.89. The molecule has 2 atom stereocenters. The summed E-state index contributed by atoms with van der Waals surface area (Å²) < 4.78 is 56.2. The lowest BCUT2D eigenvalue weighted by Crippen LogP contribution is -2.31. The van der Waals surface area contributed by atoms with Gasteiger partial charge in [-0.2, -0.15) is 18.2 Å². The number of likely N-dealkylation sites (tertiary alicyclic amines) is 1. The summed E-state index contributed by atoms with van der Waals surface area (Å²) in [6, 6.07) is 5.00. The number of carbonyl (C=O) groups excluding carboxylic acids is 1. The molecule has 1 aromatic carbocycles. The minimum atomic E-state index is -4.59. The van der Waals surface area contributed by atoms with E-state index in [9.17, 15) is 18.0 Å². The standard InChI is InChI=1S/C27H37F3N4O3/c1-26(2,3)23-15-24(34(33(23)5)16-20-9-7-13-36-20)31-25(35)21-14-18(27(28,29)30)10-11-22(21)37-17-19-8-6-12-32(19)4/h10-11,14-15,19-20H,6-9,12-13,16-17H2,1-5H3/b31-24+/t19-,20+/m0/s1.